The standard InChI is InChI=1S/C13H24N2O3/c1-12(2,3)14-11(18)15-13(9-10(16)17)7-5-4-6-8-13/h4-9H2,1-3H3,(H,16,17)(H2,14,15,18). The van der Waals surface area contributed by atoms with Crippen LogP contribution in [0, 0.1) is 0 Å². The van der Waals surface area contributed by atoms with Crippen LogP contribution < -0.4 is 10.6 Å². The molecule has 0 saturated heterocycles. The van der Waals surface area contributed by atoms with Gasteiger partial charge in [-0.05, 0) is 33.6 Å². The number of hydrogen-bond donors (Lipinski definition) is 3. The number of hydrogen-bond acceptors (Lipinski definition) is 2. The third-order valence-corrected chi connectivity index (χ3v) is 3.17. The molecule has 0 aliphatic heterocycles. The molecule has 1 fully saturated rings. The fraction of sp³-hybridized carbons (Fsp3) is 0.846. The Morgan fingerprint density at radius 2 is 1.72 bits per heavy atom. The molecule has 0 aromatic heterocycles. The number of carbonyl (C=O) groups is 2. The average molecular weight is 256 g/mol. The third-order valence-electron chi connectivity index (χ3n) is 3.17. The molecule has 0 unspecified atom stereocenters. The van der Waals surface area contributed by atoms with Crippen molar-refractivity contribution in [3.63, 3.8) is 0 Å². The molecule has 0 spiro atoms. The SMILES string of the molecule is CC(C)(C)NC(=O)NC1(CC(=O)O)CCCCC1. The Labute approximate surface area is 108 Å². The zero-order chi connectivity index (χ0) is 13.8. The number of carboxylic acids is 1. The minimum Gasteiger partial charge on any atom is -0.481 e. The highest BCUT2D eigenvalue weighted by molar-refractivity contribution is 5.77. The van der Waals surface area contributed by atoms with Crippen LogP contribution in [0.1, 0.15) is 59.3 Å². The van der Waals surface area contributed by atoms with Crippen molar-refractivity contribution in [2.45, 2.75) is 70.4 Å². The van der Waals surface area contributed by atoms with Gasteiger partial charge in [0.2, 0.25) is 0 Å². The lowest BCUT2D eigenvalue weighted by atomic mass is 9.79. The van der Waals surface area contributed by atoms with Crippen LogP contribution in [0.25, 0.3) is 0 Å². The van der Waals surface area contributed by atoms with E-state index in [2.05, 4.69) is 10.6 Å². The third kappa shape index (κ3) is 4.94. The van der Waals surface area contributed by atoms with Crippen molar-refractivity contribution < 1.29 is 14.7 Å². The molecule has 104 valence electrons. The van der Waals surface area contributed by atoms with Gasteiger partial charge < -0.3 is 15.7 Å². The first-order valence-electron chi connectivity index (χ1n) is 6.55. The van der Waals surface area contributed by atoms with Gasteiger partial charge in [0.15, 0.2) is 0 Å². The van der Waals surface area contributed by atoms with Gasteiger partial charge in [0.05, 0.1) is 12.0 Å². The molecule has 1 rings (SSSR count). The van der Waals surface area contributed by atoms with Gasteiger partial charge in [-0.1, -0.05) is 19.3 Å². The van der Waals surface area contributed by atoms with Gasteiger partial charge in [0.1, 0.15) is 0 Å². The first-order chi connectivity index (χ1) is 8.22. The molecule has 0 heterocycles. The van der Waals surface area contributed by atoms with Crippen molar-refractivity contribution >= 4 is 12.0 Å². The van der Waals surface area contributed by atoms with Crippen LogP contribution in [0.15, 0.2) is 0 Å². The summed E-state index contributed by atoms with van der Waals surface area (Å²) in [5.74, 6) is -0.854. The summed E-state index contributed by atoms with van der Waals surface area (Å²) in [6, 6.07) is -0.273. The molecule has 5 nitrogen and oxygen atoms in total. The second-order valence-electron chi connectivity index (χ2n) is 6.24. The Hall–Kier alpha value is -1.26. The monoisotopic (exact) mass is 256 g/mol. The molecule has 0 bridgehead atoms. The van der Waals surface area contributed by atoms with Crippen molar-refractivity contribution in [3.8, 4) is 0 Å². The van der Waals surface area contributed by atoms with Gasteiger partial charge in [0.25, 0.3) is 0 Å². The van der Waals surface area contributed by atoms with Gasteiger partial charge in [-0.15, -0.1) is 0 Å². The molecular weight excluding hydrogens is 232 g/mol. The highest BCUT2D eigenvalue weighted by Gasteiger charge is 2.36. The van der Waals surface area contributed by atoms with E-state index in [1.54, 1.807) is 0 Å². The molecule has 5 heteroatoms. The van der Waals surface area contributed by atoms with Crippen molar-refractivity contribution in [1.82, 2.24) is 10.6 Å². The second kappa shape index (κ2) is 5.59. The Bertz CT molecular complexity index is 315. The van der Waals surface area contributed by atoms with Crippen LogP contribution in [0.5, 0.6) is 0 Å². The summed E-state index contributed by atoms with van der Waals surface area (Å²) >= 11 is 0. The number of carboxylic acid groups (broad SMARTS) is 1. The summed E-state index contributed by atoms with van der Waals surface area (Å²) in [4.78, 5) is 22.9. The largest absolute Gasteiger partial charge is 0.481 e. The number of rotatable bonds is 3. The lowest BCUT2D eigenvalue weighted by molar-refractivity contribution is -0.139. The molecular formula is C13H24N2O3. The number of amides is 2. The van der Waals surface area contributed by atoms with Crippen LogP contribution in [0.2, 0.25) is 0 Å². The predicted octanol–water partition coefficient (Wildman–Crippen LogP) is 2.26. The number of urea groups is 1. The van der Waals surface area contributed by atoms with E-state index in [1.165, 1.54) is 0 Å². The first kappa shape index (κ1) is 14.8. The van der Waals surface area contributed by atoms with Gasteiger partial charge in [-0.25, -0.2) is 4.79 Å². The van der Waals surface area contributed by atoms with Crippen molar-refractivity contribution in [2.75, 3.05) is 0 Å². The second-order valence-corrected chi connectivity index (χ2v) is 6.24. The lowest BCUT2D eigenvalue weighted by Gasteiger charge is -2.37. The smallest absolute Gasteiger partial charge is 0.315 e. The topological polar surface area (TPSA) is 78.4 Å². The van der Waals surface area contributed by atoms with Crippen LogP contribution in [-0.2, 0) is 4.79 Å². The zero-order valence-corrected chi connectivity index (χ0v) is 11.5. The van der Waals surface area contributed by atoms with Crippen molar-refractivity contribution in [1.29, 1.82) is 0 Å². The minimum absolute atomic E-state index is 0.00453. The number of nitrogens with one attached hydrogen (secondary N) is 2. The van der Waals surface area contributed by atoms with E-state index < -0.39 is 11.5 Å². The van der Waals surface area contributed by atoms with E-state index in [-0.39, 0.29) is 18.0 Å². The summed E-state index contributed by atoms with van der Waals surface area (Å²) in [5.41, 5.74) is -0.886. The highest BCUT2D eigenvalue weighted by Crippen LogP contribution is 2.31. The average Bonchev–Trinajstić information content (AvgIpc) is 2.13. The summed E-state index contributed by atoms with van der Waals surface area (Å²) < 4.78 is 0. The maximum atomic E-state index is 11.9. The molecule has 0 aromatic rings. The Kier molecular flexibility index (Phi) is 4.59. The van der Waals surface area contributed by atoms with E-state index >= 15 is 0 Å². The van der Waals surface area contributed by atoms with Crippen LogP contribution in [-0.4, -0.2) is 28.2 Å². The number of aliphatic carboxylic acids is 1. The molecule has 18 heavy (non-hydrogen) atoms. The van der Waals surface area contributed by atoms with Gasteiger partial charge >= 0.3 is 12.0 Å². The molecule has 3 N–H and O–H groups in total. The Balaban J connectivity index is 2.66. The predicted molar refractivity (Wildman–Crippen MR) is 69.5 cm³/mol. The van der Waals surface area contributed by atoms with Crippen LogP contribution in [0.3, 0.4) is 0 Å². The molecule has 0 aromatic carbocycles. The van der Waals surface area contributed by atoms with Crippen molar-refractivity contribution in [3.05, 3.63) is 0 Å². The van der Waals surface area contributed by atoms with E-state index in [0.29, 0.717) is 0 Å². The Morgan fingerprint density at radius 1 is 1.17 bits per heavy atom. The first-order valence-corrected chi connectivity index (χ1v) is 6.55. The molecule has 1 aliphatic rings. The molecule has 0 radical (unpaired) electrons. The fourth-order valence-corrected chi connectivity index (χ4v) is 2.48. The van der Waals surface area contributed by atoms with E-state index in [9.17, 15) is 9.59 Å². The fourth-order valence-electron chi connectivity index (χ4n) is 2.48. The number of carbonyl (C=O) groups excluding carboxylic acids is 1. The molecule has 2 amide bonds. The maximum Gasteiger partial charge on any atom is 0.315 e. The quantitative estimate of drug-likeness (QED) is 0.724. The van der Waals surface area contributed by atoms with E-state index in [1.807, 2.05) is 20.8 Å². The summed E-state index contributed by atoms with van der Waals surface area (Å²) in [6.07, 6.45) is 4.56. The zero-order valence-electron chi connectivity index (χ0n) is 11.5. The highest BCUT2D eigenvalue weighted by atomic mass is 16.4. The van der Waals surface area contributed by atoms with E-state index in [0.717, 1.165) is 32.1 Å². The maximum absolute atomic E-state index is 11.9. The van der Waals surface area contributed by atoms with Gasteiger partial charge in [-0.2, -0.15) is 0 Å². The lowest BCUT2D eigenvalue weighted by Crippen LogP contribution is -2.57. The normalized spacial score (nSPS) is 19.1. The molecule has 1 saturated carbocycles. The minimum atomic E-state index is -0.854. The summed E-state index contributed by atoms with van der Waals surface area (Å²) in [6.45, 7) is 5.70. The molecule has 1 aliphatic carbocycles. The summed E-state index contributed by atoms with van der Waals surface area (Å²) in [7, 11) is 0. The van der Waals surface area contributed by atoms with Gasteiger partial charge in [-0.3, -0.25) is 4.79 Å². The molecule has 0 atom stereocenters. The van der Waals surface area contributed by atoms with E-state index in [4.69, 9.17) is 5.11 Å². The van der Waals surface area contributed by atoms with Gasteiger partial charge in [0, 0.05) is 5.54 Å². The van der Waals surface area contributed by atoms with Crippen LogP contribution >= 0.6 is 0 Å². The van der Waals surface area contributed by atoms with Crippen LogP contribution in [0.4, 0.5) is 4.79 Å². The summed E-state index contributed by atoms with van der Waals surface area (Å²) in [5, 5.41) is 14.7. The van der Waals surface area contributed by atoms with Crippen molar-refractivity contribution in [2.24, 2.45) is 0 Å². The Morgan fingerprint density at radius 3 is 2.17 bits per heavy atom.